The summed E-state index contributed by atoms with van der Waals surface area (Å²) in [5.41, 5.74) is 3.14. The normalized spacial score (nSPS) is 15.5. The van der Waals surface area contributed by atoms with Gasteiger partial charge in [0.05, 0.1) is 5.56 Å². The molecule has 6 nitrogen and oxygen atoms in total. The number of hydrogen-bond acceptors (Lipinski definition) is 4. The van der Waals surface area contributed by atoms with E-state index >= 15 is 0 Å². The first-order valence-electron chi connectivity index (χ1n) is 7.19. The minimum absolute atomic E-state index is 0.294. The molecule has 1 aliphatic heterocycles. The van der Waals surface area contributed by atoms with Crippen LogP contribution in [0.2, 0.25) is 0 Å². The fraction of sp³-hybridized carbons (Fsp3) is 0.438. The van der Waals surface area contributed by atoms with Crippen LogP contribution in [0.15, 0.2) is 12.1 Å². The summed E-state index contributed by atoms with van der Waals surface area (Å²) >= 11 is 0. The van der Waals surface area contributed by atoms with Crippen LogP contribution in [0.3, 0.4) is 0 Å². The average Bonchev–Trinajstić information content (AvgIpc) is 2.82. The Kier molecular flexibility index (Phi) is 4.49. The zero-order chi connectivity index (χ0) is 16.4. The molecule has 0 radical (unpaired) electrons. The first kappa shape index (κ1) is 16.0. The van der Waals surface area contributed by atoms with Gasteiger partial charge in [-0.15, -0.1) is 0 Å². The van der Waals surface area contributed by atoms with E-state index in [0.717, 1.165) is 21.6 Å². The number of carbonyl (C=O) groups excluding carboxylic acids is 3. The van der Waals surface area contributed by atoms with E-state index in [-0.39, 0.29) is 0 Å². The van der Waals surface area contributed by atoms with Crippen LogP contribution in [0.5, 0.6) is 0 Å². The van der Waals surface area contributed by atoms with Gasteiger partial charge < -0.3 is 10.1 Å². The van der Waals surface area contributed by atoms with Crippen molar-refractivity contribution in [2.75, 3.05) is 13.1 Å². The minimum Gasteiger partial charge on any atom is -0.449 e. The van der Waals surface area contributed by atoms with Crippen molar-refractivity contribution in [1.29, 1.82) is 0 Å². The number of nitrogens with zero attached hydrogens (tertiary/aromatic N) is 1. The fourth-order valence-corrected chi connectivity index (χ4v) is 2.67. The number of urea groups is 1. The molecule has 3 amide bonds. The molecule has 1 heterocycles. The Labute approximate surface area is 129 Å². The summed E-state index contributed by atoms with van der Waals surface area (Å²) < 4.78 is 5.25. The molecule has 0 bridgehead atoms. The maximum atomic E-state index is 12.3. The molecule has 22 heavy (non-hydrogen) atoms. The van der Waals surface area contributed by atoms with Crippen molar-refractivity contribution < 1.29 is 19.1 Å². The molecule has 6 heteroatoms. The molecule has 0 spiro atoms. The predicted molar refractivity (Wildman–Crippen MR) is 80.6 cm³/mol. The number of nitrogens with one attached hydrogen (secondary N) is 1. The molecule has 2 rings (SSSR count). The monoisotopic (exact) mass is 304 g/mol. The molecular weight excluding hydrogens is 284 g/mol. The summed E-state index contributed by atoms with van der Waals surface area (Å²) in [7, 11) is 0. The SMILES string of the molecule is Cc1cc(C)c(C(=O)OC(C)C(=O)N2CCNC2=O)c(C)c1. The van der Waals surface area contributed by atoms with Gasteiger partial charge >= 0.3 is 12.0 Å². The number of amides is 3. The summed E-state index contributed by atoms with van der Waals surface area (Å²) in [4.78, 5) is 37.0. The van der Waals surface area contributed by atoms with E-state index < -0.39 is 24.0 Å². The molecule has 1 atom stereocenters. The van der Waals surface area contributed by atoms with E-state index in [1.807, 2.05) is 32.9 Å². The van der Waals surface area contributed by atoms with Gasteiger partial charge in [0.2, 0.25) is 0 Å². The van der Waals surface area contributed by atoms with E-state index in [9.17, 15) is 14.4 Å². The second kappa shape index (κ2) is 6.17. The Morgan fingerprint density at radius 2 is 1.82 bits per heavy atom. The summed E-state index contributed by atoms with van der Waals surface area (Å²) in [5, 5.41) is 2.54. The van der Waals surface area contributed by atoms with Gasteiger partial charge in [-0.25, -0.2) is 9.59 Å². The van der Waals surface area contributed by atoms with Gasteiger partial charge in [-0.1, -0.05) is 17.7 Å². The van der Waals surface area contributed by atoms with Crippen LogP contribution in [0.1, 0.15) is 34.0 Å². The third kappa shape index (κ3) is 3.10. The highest BCUT2D eigenvalue weighted by molar-refractivity contribution is 6.00. The van der Waals surface area contributed by atoms with Crippen LogP contribution in [-0.4, -0.2) is 42.0 Å². The zero-order valence-corrected chi connectivity index (χ0v) is 13.2. The molecule has 1 aromatic carbocycles. The van der Waals surface area contributed by atoms with E-state index in [2.05, 4.69) is 5.32 Å². The molecule has 1 unspecified atom stereocenters. The van der Waals surface area contributed by atoms with Gasteiger partial charge in [-0.3, -0.25) is 9.69 Å². The number of imide groups is 1. The van der Waals surface area contributed by atoms with E-state index in [0.29, 0.717) is 18.7 Å². The molecule has 1 N–H and O–H groups in total. The van der Waals surface area contributed by atoms with Crippen molar-refractivity contribution in [3.05, 3.63) is 34.4 Å². The number of esters is 1. The van der Waals surface area contributed by atoms with Gasteiger partial charge in [0, 0.05) is 13.1 Å². The van der Waals surface area contributed by atoms with Gasteiger partial charge in [-0.2, -0.15) is 0 Å². The molecule has 1 aromatic rings. The highest BCUT2D eigenvalue weighted by Gasteiger charge is 2.32. The molecule has 1 saturated heterocycles. The number of rotatable bonds is 3. The quantitative estimate of drug-likeness (QED) is 0.863. The lowest BCUT2D eigenvalue weighted by molar-refractivity contribution is -0.136. The Bertz CT molecular complexity index is 616. The van der Waals surface area contributed by atoms with Gasteiger partial charge in [0.15, 0.2) is 6.10 Å². The fourth-order valence-electron chi connectivity index (χ4n) is 2.67. The summed E-state index contributed by atoms with van der Waals surface area (Å²) in [5.74, 6) is -1.05. The minimum atomic E-state index is -1.00. The highest BCUT2D eigenvalue weighted by atomic mass is 16.5. The van der Waals surface area contributed by atoms with Gasteiger partial charge in [0.1, 0.15) is 0 Å². The first-order chi connectivity index (χ1) is 10.3. The number of aryl methyl sites for hydroxylation is 3. The third-order valence-electron chi connectivity index (χ3n) is 3.64. The molecule has 0 aromatic heterocycles. The van der Waals surface area contributed by atoms with Crippen LogP contribution in [0, 0.1) is 20.8 Å². The topological polar surface area (TPSA) is 75.7 Å². The van der Waals surface area contributed by atoms with Crippen LogP contribution in [-0.2, 0) is 9.53 Å². The number of benzene rings is 1. The molecule has 1 fully saturated rings. The molecule has 118 valence electrons. The van der Waals surface area contributed by atoms with Crippen molar-refractivity contribution in [1.82, 2.24) is 10.2 Å². The zero-order valence-electron chi connectivity index (χ0n) is 13.2. The first-order valence-corrected chi connectivity index (χ1v) is 7.19. The lowest BCUT2D eigenvalue weighted by Crippen LogP contribution is -2.41. The highest BCUT2D eigenvalue weighted by Crippen LogP contribution is 2.18. The lowest BCUT2D eigenvalue weighted by atomic mass is 10.00. The maximum Gasteiger partial charge on any atom is 0.339 e. The van der Waals surface area contributed by atoms with Crippen LogP contribution in [0.25, 0.3) is 0 Å². The van der Waals surface area contributed by atoms with Crippen molar-refractivity contribution >= 4 is 17.9 Å². The molecule has 0 saturated carbocycles. The Balaban J connectivity index is 2.12. The van der Waals surface area contributed by atoms with Crippen molar-refractivity contribution in [3.63, 3.8) is 0 Å². The van der Waals surface area contributed by atoms with Crippen molar-refractivity contribution in [2.45, 2.75) is 33.8 Å². The van der Waals surface area contributed by atoms with Crippen molar-refractivity contribution in [3.8, 4) is 0 Å². The van der Waals surface area contributed by atoms with Gasteiger partial charge in [-0.05, 0) is 38.8 Å². The van der Waals surface area contributed by atoms with E-state index in [1.165, 1.54) is 6.92 Å². The lowest BCUT2D eigenvalue weighted by Gasteiger charge is -2.19. The smallest absolute Gasteiger partial charge is 0.339 e. The van der Waals surface area contributed by atoms with Crippen LogP contribution >= 0.6 is 0 Å². The largest absolute Gasteiger partial charge is 0.449 e. The number of hydrogen-bond donors (Lipinski definition) is 1. The third-order valence-corrected chi connectivity index (χ3v) is 3.64. The van der Waals surface area contributed by atoms with Gasteiger partial charge in [0.25, 0.3) is 5.91 Å². The molecule has 0 aliphatic carbocycles. The Morgan fingerprint density at radius 1 is 1.23 bits per heavy atom. The second-order valence-corrected chi connectivity index (χ2v) is 5.54. The number of ether oxygens (including phenoxy) is 1. The second-order valence-electron chi connectivity index (χ2n) is 5.54. The predicted octanol–water partition coefficient (Wildman–Crippen LogP) is 1.71. The van der Waals surface area contributed by atoms with Crippen molar-refractivity contribution in [2.24, 2.45) is 0 Å². The Hall–Kier alpha value is -2.37. The molecular formula is C16H20N2O4. The van der Waals surface area contributed by atoms with Crippen LogP contribution < -0.4 is 5.32 Å². The molecule has 1 aliphatic rings. The van der Waals surface area contributed by atoms with E-state index in [1.54, 1.807) is 0 Å². The maximum absolute atomic E-state index is 12.3. The summed E-state index contributed by atoms with van der Waals surface area (Å²) in [6, 6.07) is 3.34. The average molecular weight is 304 g/mol. The number of carbonyl (C=O) groups is 3. The Morgan fingerprint density at radius 3 is 2.32 bits per heavy atom. The standard InChI is InChI=1S/C16H20N2O4/c1-9-7-10(2)13(11(3)8-9)15(20)22-12(4)14(19)18-6-5-17-16(18)21/h7-8,12H,5-6H2,1-4H3,(H,17,21). The van der Waals surface area contributed by atoms with Crippen LogP contribution in [0.4, 0.5) is 4.79 Å². The summed E-state index contributed by atoms with van der Waals surface area (Å²) in [6.07, 6.45) is -1.00. The summed E-state index contributed by atoms with van der Waals surface area (Å²) in [6.45, 7) is 7.80. The van der Waals surface area contributed by atoms with E-state index in [4.69, 9.17) is 4.74 Å².